The molecule has 2 rings (SSSR count). The summed E-state index contributed by atoms with van der Waals surface area (Å²) >= 11 is 3.11. The predicted octanol–water partition coefficient (Wildman–Crippen LogP) is 0.853. The maximum absolute atomic E-state index is 12.1. The summed E-state index contributed by atoms with van der Waals surface area (Å²) in [6.45, 7) is 3.70. The van der Waals surface area contributed by atoms with E-state index in [1.54, 1.807) is 15.9 Å². The standard InChI is InChI=1S/C14H18BrN3O4/c1-10(19)17-5-2-6-18(8-7-17)13(20)9-16-14(21)11-3-4-12(15)22-11/h3-4H,2,5-9H2,1H3,(H,16,21). The van der Waals surface area contributed by atoms with E-state index >= 15 is 0 Å². The summed E-state index contributed by atoms with van der Waals surface area (Å²) in [7, 11) is 0. The minimum absolute atomic E-state index is 0.0194. The van der Waals surface area contributed by atoms with Gasteiger partial charge < -0.3 is 19.5 Å². The molecule has 1 N–H and O–H groups in total. The zero-order chi connectivity index (χ0) is 16.1. The van der Waals surface area contributed by atoms with Gasteiger partial charge in [0.1, 0.15) is 0 Å². The molecule has 1 aromatic heterocycles. The maximum Gasteiger partial charge on any atom is 0.287 e. The summed E-state index contributed by atoms with van der Waals surface area (Å²) in [5.74, 6) is -0.423. The Morgan fingerprint density at radius 3 is 2.50 bits per heavy atom. The van der Waals surface area contributed by atoms with Crippen LogP contribution in [-0.4, -0.2) is 60.2 Å². The monoisotopic (exact) mass is 371 g/mol. The molecule has 7 nitrogen and oxygen atoms in total. The molecule has 3 amide bonds. The third-order valence-corrected chi connectivity index (χ3v) is 3.92. The summed E-state index contributed by atoms with van der Waals surface area (Å²) in [5, 5.41) is 2.54. The number of carbonyl (C=O) groups excluding carboxylic acids is 3. The van der Waals surface area contributed by atoms with Crippen LogP contribution in [0.15, 0.2) is 21.2 Å². The Kier molecular flexibility index (Phi) is 5.59. The van der Waals surface area contributed by atoms with E-state index in [1.165, 1.54) is 13.0 Å². The molecule has 22 heavy (non-hydrogen) atoms. The topological polar surface area (TPSA) is 82.9 Å². The zero-order valence-electron chi connectivity index (χ0n) is 12.3. The average Bonchev–Trinajstić information content (AvgIpc) is 2.76. The lowest BCUT2D eigenvalue weighted by Crippen LogP contribution is -2.42. The van der Waals surface area contributed by atoms with Gasteiger partial charge in [-0.3, -0.25) is 14.4 Å². The summed E-state index contributed by atoms with van der Waals surface area (Å²) in [6.07, 6.45) is 0.740. The molecule has 1 aliphatic heterocycles. The lowest BCUT2D eigenvalue weighted by atomic mass is 10.3. The molecule has 1 saturated heterocycles. The Labute approximate surface area is 136 Å². The molecule has 8 heteroatoms. The third kappa shape index (κ3) is 4.33. The Balaban J connectivity index is 1.82. The van der Waals surface area contributed by atoms with E-state index in [4.69, 9.17) is 4.42 Å². The molecular formula is C14H18BrN3O4. The van der Waals surface area contributed by atoms with E-state index in [2.05, 4.69) is 21.2 Å². The number of amides is 3. The van der Waals surface area contributed by atoms with Gasteiger partial charge in [-0.2, -0.15) is 0 Å². The fourth-order valence-electron chi connectivity index (χ4n) is 2.27. The van der Waals surface area contributed by atoms with Gasteiger partial charge in [-0.25, -0.2) is 0 Å². The fourth-order valence-corrected chi connectivity index (χ4v) is 2.58. The molecule has 120 valence electrons. The molecule has 2 heterocycles. The lowest BCUT2D eigenvalue weighted by Gasteiger charge is -2.21. The summed E-state index contributed by atoms with van der Waals surface area (Å²) < 4.78 is 5.58. The van der Waals surface area contributed by atoms with Crippen LogP contribution < -0.4 is 5.32 Å². The number of hydrogen-bond acceptors (Lipinski definition) is 4. The minimum atomic E-state index is -0.431. The molecule has 1 aliphatic rings. The number of carbonyl (C=O) groups is 3. The lowest BCUT2D eigenvalue weighted by molar-refractivity contribution is -0.131. The Hall–Kier alpha value is -1.83. The number of furan rings is 1. The van der Waals surface area contributed by atoms with Gasteiger partial charge in [0.25, 0.3) is 5.91 Å². The van der Waals surface area contributed by atoms with E-state index in [-0.39, 0.29) is 24.1 Å². The van der Waals surface area contributed by atoms with E-state index in [0.717, 1.165) is 6.42 Å². The van der Waals surface area contributed by atoms with E-state index in [9.17, 15) is 14.4 Å². The fraction of sp³-hybridized carbons (Fsp3) is 0.500. The zero-order valence-corrected chi connectivity index (χ0v) is 13.9. The molecule has 0 unspecified atom stereocenters. The molecule has 0 saturated carbocycles. The van der Waals surface area contributed by atoms with Crippen molar-refractivity contribution in [1.82, 2.24) is 15.1 Å². The smallest absolute Gasteiger partial charge is 0.287 e. The van der Waals surface area contributed by atoms with Crippen molar-refractivity contribution in [2.24, 2.45) is 0 Å². The first-order valence-electron chi connectivity index (χ1n) is 7.04. The number of nitrogens with zero attached hydrogens (tertiary/aromatic N) is 2. The van der Waals surface area contributed by atoms with Crippen LogP contribution in [0, 0.1) is 0 Å². The maximum atomic E-state index is 12.1. The first-order valence-corrected chi connectivity index (χ1v) is 7.83. The largest absolute Gasteiger partial charge is 0.444 e. The van der Waals surface area contributed by atoms with Crippen molar-refractivity contribution >= 4 is 33.7 Å². The second-order valence-electron chi connectivity index (χ2n) is 5.03. The van der Waals surface area contributed by atoms with Crippen molar-refractivity contribution in [3.63, 3.8) is 0 Å². The van der Waals surface area contributed by atoms with E-state index < -0.39 is 5.91 Å². The Bertz CT molecular complexity index is 572. The molecule has 0 radical (unpaired) electrons. The first-order chi connectivity index (χ1) is 10.5. The second-order valence-corrected chi connectivity index (χ2v) is 5.81. The van der Waals surface area contributed by atoms with Gasteiger partial charge in [-0.15, -0.1) is 0 Å². The van der Waals surface area contributed by atoms with Crippen molar-refractivity contribution in [2.75, 3.05) is 32.7 Å². The second kappa shape index (κ2) is 7.44. The first kappa shape index (κ1) is 16.5. The Morgan fingerprint density at radius 1 is 1.18 bits per heavy atom. The summed E-state index contributed by atoms with van der Waals surface area (Å²) in [5.41, 5.74) is 0. The average molecular weight is 372 g/mol. The minimum Gasteiger partial charge on any atom is -0.444 e. The highest BCUT2D eigenvalue weighted by molar-refractivity contribution is 9.10. The van der Waals surface area contributed by atoms with Crippen LogP contribution in [0.25, 0.3) is 0 Å². The van der Waals surface area contributed by atoms with Gasteiger partial charge in [-0.1, -0.05) is 0 Å². The highest BCUT2D eigenvalue weighted by Gasteiger charge is 2.21. The van der Waals surface area contributed by atoms with E-state index in [0.29, 0.717) is 30.8 Å². The molecule has 1 fully saturated rings. The highest BCUT2D eigenvalue weighted by atomic mass is 79.9. The van der Waals surface area contributed by atoms with E-state index in [1.807, 2.05) is 0 Å². The van der Waals surface area contributed by atoms with Crippen LogP contribution in [0.1, 0.15) is 23.9 Å². The predicted molar refractivity (Wildman–Crippen MR) is 82.2 cm³/mol. The SMILES string of the molecule is CC(=O)N1CCCN(C(=O)CNC(=O)c2ccc(Br)o2)CC1. The van der Waals surface area contributed by atoms with Gasteiger partial charge in [0, 0.05) is 33.1 Å². The summed E-state index contributed by atoms with van der Waals surface area (Å²) in [4.78, 5) is 38.7. The van der Waals surface area contributed by atoms with Crippen LogP contribution >= 0.6 is 15.9 Å². The van der Waals surface area contributed by atoms with Gasteiger partial charge in [-0.05, 0) is 34.5 Å². The highest BCUT2D eigenvalue weighted by Crippen LogP contribution is 2.13. The number of hydrogen-bond donors (Lipinski definition) is 1. The van der Waals surface area contributed by atoms with Gasteiger partial charge in [0.15, 0.2) is 10.4 Å². The van der Waals surface area contributed by atoms with Gasteiger partial charge >= 0.3 is 0 Å². The van der Waals surface area contributed by atoms with Crippen molar-refractivity contribution in [1.29, 1.82) is 0 Å². The van der Waals surface area contributed by atoms with Crippen molar-refractivity contribution in [3.8, 4) is 0 Å². The molecule has 0 aromatic carbocycles. The molecule has 1 aromatic rings. The quantitative estimate of drug-likeness (QED) is 0.853. The third-order valence-electron chi connectivity index (χ3n) is 3.49. The normalized spacial score (nSPS) is 15.4. The van der Waals surface area contributed by atoms with Crippen LogP contribution in [0.2, 0.25) is 0 Å². The molecule has 0 bridgehead atoms. The molecule has 0 atom stereocenters. The Morgan fingerprint density at radius 2 is 1.86 bits per heavy atom. The summed E-state index contributed by atoms with van der Waals surface area (Å²) in [6, 6.07) is 3.14. The molecule has 0 aliphatic carbocycles. The van der Waals surface area contributed by atoms with Gasteiger partial charge in [0.05, 0.1) is 6.54 Å². The van der Waals surface area contributed by atoms with Crippen LogP contribution in [-0.2, 0) is 9.59 Å². The number of rotatable bonds is 3. The van der Waals surface area contributed by atoms with Gasteiger partial charge in [0.2, 0.25) is 11.8 Å². The van der Waals surface area contributed by atoms with Crippen molar-refractivity contribution < 1.29 is 18.8 Å². The number of nitrogens with one attached hydrogen (secondary N) is 1. The van der Waals surface area contributed by atoms with Crippen LogP contribution in [0.3, 0.4) is 0 Å². The van der Waals surface area contributed by atoms with Crippen LogP contribution in [0.5, 0.6) is 0 Å². The molecular weight excluding hydrogens is 354 g/mol. The number of halogens is 1. The van der Waals surface area contributed by atoms with Crippen LogP contribution in [0.4, 0.5) is 0 Å². The van der Waals surface area contributed by atoms with Crippen molar-refractivity contribution in [2.45, 2.75) is 13.3 Å². The van der Waals surface area contributed by atoms with Crippen molar-refractivity contribution in [3.05, 3.63) is 22.6 Å². The molecule has 0 spiro atoms.